The summed E-state index contributed by atoms with van der Waals surface area (Å²) in [6.45, 7) is 1.89. The number of carbonyl (C=O) groups is 4. The van der Waals surface area contributed by atoms with Crippen molar-refractivity contribution in [3.8, 4) is 0 Å². The molecule has 0 aromatic heterocycles. The number of nitrogens with one attached hydrogen (secondary N) is 3. The number of nitrogens with two attached hydrogens (primary N) is 1. The van der Waals surface area contributed by atoms with Gasteiger partial charge in [-0.1, -0.05) is 0 Å². The Balaban J connectivity index is 4.07. The van der Waals surface area contributed by atoms with E-state index in [1.54, 1.807) is 0 Å². The number of rotatable bonds is 8. The maximum absolute atomic E-state index is 11.5. The molecule has 0 heterocycles. The van der Waals surface area contributed by atoms with Crippen molar-refractivity contribution in [3.05, 3.63) is 0 Å². The summed E-state index contributed by atoms with van der Waals surface area (Å²) in [5.74, 6) is -2.85. The Hall–Kier alpha value is -1.81. The van der Waals surface area contributed by atoms with Gasteiger partial charge >= 0.3 is 5.97 Å². The number of hydrogen-bond donors (Lipinski definition) is 6. The van der Waals surface area contributed by atoms with E-state index in [-0.39, 0.29) is 12.3 Å². The molecule has 10 heteroatoms. The molecule has 0 fully saturated rings. The number of thiol groups is 1. The van der Waals surface area contributed by atoms with Crippen molar-refractivity contribution < 1.29 is 24.3 Å². The lowest BCUT2D eigenvalue weighted by atomic mass is 10.1. The number of hydrogen-bond acceptors (Lipinski definition) is 6. The number of carbonyl (C=O) groups excluding carboxylic acids is 3. The fourth-order valence-corrected chi connectivity index (χ4v) is 1.23. The summed E-state index contributed by atoms with van der Waals surface area (Å²) in [6, 6.07) is -0.819. The zero-order valence-corrected chi connectivity index (χ0v) is 12.7. The van der Waals surface area contributed by atoms with E-state index in [1.807, 2.05) is 0 Å². The van der Waals surface area contributed by atoms with E-state index in [0.29, 0.717) is 0 Å². The Bertz CT molecular complexity index is 427. The monoisotopic (exact) mass is 320 g/mol. The number of carboxylic acid groups (broad SMARTS) is 1. The molecule has 1 atom stereocenters. The van der Waals surface area contributed by atoms with Crippen LogP contribution in [-0.4, -0.2) is 59.2 Å². The van der Waals surface area contributed by atoms with Crippen LogP contribution in [0.25, 0.3) is 0 Å². The summed E-state index contributed by atoms with van der Waals surface area (Å²) in [4.78, 5) is 44.9. The standard InChI is InChI=1S/C11H20N4O5S/c1-11(2,10(19)20)15-8(17)4-13-7(16)3-14-9(18)6(12)5-21/h6,21H,3-5,12H2,1-2H3,(H,13,16)(H,14,18)(H,15,17)(H,19,20)/t6-/m0/s1. The van der Waals surface area contributed by atoms with Gasteiger partial charge in [0, 0.05) is 5.75 Å². The van der Waals surface area contributed by atoms with Crippen LogP contribution in [0.15, 0.2) is 0 Å². The van der Waals surface area contributed by atoms with Gasteiger partial charge < -0.3 is 26.8 Å². The maximum Gasteiger partial charge on any atom is 0.328 e. The fraction of sp³-hybridized carbons (Fsp3) is 0.636. The molecule has 0 aliphatic heterocycles. The largest absolute Gasteiger partial charge is 0.480 e. The van der Waals surface area contributed by atoms with E-state index >= 15 is 0 Å². The topological polar surface area (TPSA) is 151 Å². The van der Waals surface area contributed by atoms with Crippen molar-refractivity contribution in [2.75, 3.05) is 18.8 Å². The number of aliphatic carboxylic acids is 1. The minimum atomic E-state index is -1.44. The van der Waals surface area contributed by atoms with Crippen molar-refractivity contribution in [2.45, 2.75) is 25.4 Å². The van der Waals surface area contributed by atoms with Gasteiger partial charge in [-0.2, -0.15) is 12.6 Å². The van der Waals surface area contributed by atoms with Crippen molar-refractivity contribution in [1.82, 2.24) is 16.0 Å². The van der Waals surface area contributed by atoms with Crippen molar-refractivity contribution in [3.63, 3.8) is 0 Å². The molecule has 6 N–H and O–H groups in total. The molecule has 0 unspecified atom stereocenters. The normalized spacial score (nSPS) is 12.2. The highest BCUT2D eigenvalue weighted by atomic mass is 32.1. The summed E-state index contributed by atoms with van der Waals surface area (Å²) in [7, 11) is 0. The summed E-state index contributed by atoms with van der Waals surface area (Å²) in [5.41, 5.74) is 3.95. The molecule has 0 radical (unpaired) electrons. The van der Waals surface area contributed by atoms with Gasteiger partial charge in [0.05, 0.1) is 19.1 Å². The van der Waals surface area contributed by atoms with E-state index in [1.165, 1.54) is 13.8 Å². The molecule has 0 rings (SSSR count). The molecule has 0 aliphatic rings. The third-order valence-corrected chi connectivity index (χ3v) is 2.78. The van der Waals surface area contributed by atoms with Crippen LogP contribution in [-0.2, 0) is 19.2 Å². The van der Waals surface area contributed by atoms with Gasteiger partial charge in [0.25, 0.3) is 0 Å². The molecule has 120 valence electrons. The van der Waals surface area contributed by atoms with E-state index < -0.39 is 41.8 Å². The fourth-order valence-electron chi connectivity index (χ4n) is 1.07. The quantitative estimate of drug-likeness (QED) is 0.271. The minimum absolute atomic E-state index is 0.139. The molecular weight excluding hydrogens is 300 g/mol. The molecule has 0 spiro atoms. The van der Waals surface area contributed by atoms with Gasteiger partial charge in [-0.25, -0.2) is 4.79 Å². The SMILES string of the molecule is CC(C)(NC(=O)CNC(=O)CNC(=O)[C@@H](N)CS)C(=O)O. The predicted molar refractivity (Wildman–Crippen MR) is 77.7 cm³/mol. The van der Waals surface area contributed by atoms with Crippen LogP contribution in [0, 0.1) is 0 Å². The van der Waals surface area contributed by atoms with Gasteiger partial charge in [-0.05, 0) is 13.8 Å². The van der Waals surface area contributed by atoms with E-state index in [4.69, 9.17) is 10.8 Å². The molecule has 0 aliphatic carbocycles. The summed E-state index contributed by atoms with van der Waals surface area (Å²) in [6.07, 6.45) is 0. The molecule has 0 aromatic rings. The average Bonchev–Trinajstić information content (AvgIpc) is 2.40. The predicted octanol–water partition coefficient (Wildman–Crippen LogP) is -2.54. The Kier molecular flexibility index (Phi) is 7.74. The van der Waals surface area contributed by atoms with Gasteiger partial charge in [-0.15, -0.1) is 0 Å². The van der Waals surface area contributed by atoms with Crippen LogP contribution in [0.4, 0.5) is 0 Å². The summed E-state index contributed by atoms with van der Waals surface area (Å²) in [5, 5.41) is 15.6. The van der Waals surface area contributed by atoms with Crippen LogP contribution in [0.3, 0.4) is 0 Å². The lowest BCUT2D eigenvalue weighted by Gasteiger charge is -2.21. The van der Waals surface area contributed by atoms with Gasteiger partial charge in [0.1, 0.15) is 5.54 Å². The molecule has 0 saturated carbocycles. The first-order valence-electron chi connectivity index (χ1n) is 6.05. The minimum Gasteiger partial charge on any atom is -0.480 e. The second-order valence-electron chi connectivity index (χ2n) is 4.76. The maximum atomic E-state index is 11.5. The summed E-state index contributed by atoms with van der Waals surface area (Å²) < 4.78 is 0. The lowest BCUT2D eigenvalue weighted by molar-refractivity contribution is -0.145. The molecule has 9 nitrogen and oxygen atoms in total. The second kappa shape index (κ2) is 8.47. The first-order valence-corrected chi connectivity index (χ1v) is 6.68. The van der Waals surface area contributed by atoms with Gasteiger partial charge in [0.2, 0.25) is 17.7 Å². The van der Waals surface area contributed by atoms with Crippen LogP contribution in [0.1, 0.15) is 13.8 Å². The third kappa shape index (κ3) is 7.51. The molecule has 0 aromatic carbocycles. The van der Waals surface area contributed by atoms with E-state index in [0.717, 1.165) is 0 Å². The summed E-state index contributed by atoms with van der Waals surface area (Å²) >= 11 is 3.84. The zero-order chi connectivity index (χ0) is 16.6. The van der Waals surface area contributed by atoms with E-state index in [2.05, 4.69) is 28.6 Å². The molecule has 0 saturated heterocycles. The van der Waals surface area contributed by atoms with Crippen molar-refractivity contribution >= 4 is 36.3 Å². The van der Waals surface area contributed by atoms with Gasteiger partial charge in [-0.3, -0.25) is 14.4 Å². The first-order chi connectivity index (χ1) is 9.60. The molecule has 0 bridgehead atoms. The molecule has 3 amide bonds. The Morgan fingerprint density at radius 2 is 1.67 bits per heavy atom. The Morgan fingerprint density at radius 1 is 1.14 bits per heavy atom. The number of amides is 3. The highest BCUT2D eigenvalue weighted by Gasteiger charge is 2.28. The van der Waals surface area contributed by atoms with Crippen LogP contribution < -0.4 is 21.7 Å². The highest BCUT2D eigenvalue weighted by Crippen LogP contribution is 2.00. The zero-order valence-electron chi connectivity index (χ0n) is 11.8. The highest BCUT2D eigenvalue weighted by molar-refractivity contribution is 7.80. The smallest absolute Gasteiger partial charge is 0.328 e. The third-order valence-electron chi connectivity index (χ3n) is 2.39. The second-order valence-corrected chi connectivity index (χ2v) is 5.13. The van der Waals surface area contributed by atoms with Crippen LogP contribution in [0.2, 0.25) is 0 Å². The van der Waals surface area contributed by atoms with Crippen molar-refractivity contribution in [1.29, 1.82) is 0 Å². The Labute approximate surface area is 127 Å². The Morgan fingerprint density at radius 3 is 2.14 bits per heavy atom. The van der Waals surface area contributed by atoms with E-state index in [9.17, 15) is 19.2 Å². The molecular formula is C11H20N4O5S. The average molecular weight is 320 g/mol. The molecule has 21 heavy (non-hydrogen) atoms. The van der Waals surface area contributed by atoms with Crippen molar-refractivity contribution in [2.24, 2.45) is 5.73 Å². The van der Waals surface area contributed by atoms with Crippen LogP contribution in [0.5, 0.6) is 0 Å². The first kappa shape index (κ1) is 19.2. The van der Waals surface area contributed by atoms with Crippen LogP contribution >= 0.6 is 12.6 Å². The van der Waals surface area contributed by atoms with Gasteiger partial charge in [0.15, 0.2) is 0 Å². The number of carboxylic acids is 1. The lowest BCUT2D eigenvalue weighted by Crippen LogP contribution is -2.53.